The lowest BCUT2D eigenvalue weighted by atomic mass is 9.78. The molecule has 1 heterocycles. The summed E-state index contributed by atoms with van der Waals surface area (Å²) in [6, 6.07) is 20.6. The van der Waals surface area contributed by atoms with Gasteiger partial charge in [-0.05, 0) is 51.8 Å². The highest BCUT2D eigenvalue weighted by Crippen LogP contribution is 2.36. The van der Waals surface area contributed by atoms with Gasteiger partial charge in [-0.25, -0.2) is 0 Å². The van der Waals surface area contributed by atoms with Crippen LogP contribution in [-0.2, 0) is 25.6 Å². The fourth-order valence-corrected chi connectivity index (χ4v) is 5.11. The van der Waals surface area contributed by atoms with Crippen LogP contribution < -0.4 is 0 Å². The number of hydrogen-bond donors (Lipinski definition) is 0. The van der Waals surface area contributed by atoms with E-state index in [4.69, 9.17) is 9.47 Å². The van der Waals surface area contributed by atoms with E-state index >= 15 is 0 Å². The quantitative estimate of drug-likeness (QED) is 0.511. The number of likely N-dealkylation sites (tertiary alicyclic amines) is 1. The summed E-state index contributed by atoms with van der Waals surface area (Å²) in [4.78, 5) is 30.7. The van der Waals surface area contributed by atoms with E-state index in [1.54, 1.807) is 0 Å². The SMILES string of the molecule is COC(=O)C[C@@H]1CN(C)C[C@H](N(Cc2ccccc2)[C@@H](C)c2ccccc2)[C@H]1C(=O)OC(C)(C)C. The summed E-state index contributed by atoms with van der Waals surface area (Å²) in [5.41, 5.74) is 1.75. The maximum Gasteiger partial charge on any atom is 0.311 e. The topological polar surface area (TPSA) is 59.1 Å². The molecule has 0 aliphatic carbocycles. The van der Waals surface area contributed by atoms with E-state index in [1.165, 1.54) is 18.2 Å². The average Bonchev–Trinajstić information content (AvgIpc) is 2.81. The number of carbonyl (C=O) groups excluding carboxylic acids is 2. The van der Waals surface area contributed by atoms with Gasteiger partial charge in [0, 0.05) is 31.7 Å². The molecule has 0 aromatic heterocycles. The molecule has 0 saturated carbocycles. The summed E-state index contributed by atoms with van der Waals surface area (Å²) in [5, 5.41) is 0. The van der Waals surface area contributed by atoms with E-state index in [1.807, 2.05) is 57.2 Å². The standard InChI is InChI=1S/C29H40N2O4/c1-21(23-15-11-8-12-16-23)31(18-22-13-9-7-10-14-22)25-20-30(5)19-24(17-26(32)34-6)27(25)28(33)35-29(2,3)4/h7-16,21,24-25,27H,17-20H2,1-6H3/t21-,24+,25-,27-/m0/s1. The van der Waals surface area contributed by atoms with E-state index in [9.17, 15) is 9.59 Å². The van der Waals surface area contributed by atoms with Gasteiger partial charge in [0.25, 0.3) is 0 Å². The van der Waals surface area contributed by atoms with Crippen molar-refractivity contribution in [3.63, 3.8) is 0 Å². The van der Waals surface area contributed by atoms with Gasteiger partial charge in [0.05, 0.1) is 19.4 Å². The van der Waals surface area contributed by atoms with Crippen LogP contribution in [0.4, 0.5) is 0 Å². The van der Waals surface area contributed by atoms with Crippen LogP contribution in [0.1, 0.15) is 51.3 Å². The predicted molar refractivity (Wildman–Crippen MR) is 138 cm³/mol. The van der Waals surface area contributed by atoms with Crippen molar-refractivity contribution in [1.82, 2.24) is 9.80 Å². The molecule has 6 nitrogen and oxygen atoms in total. The molecule has 2 aromatic carbocycles. The van der Waals surface area contributed by atoms with Gasteiger partial charge in [0.15, 0.2) is 0 Å². The number of nitrogens with zero attached hydrogens (tertiary/aromatic N) is 2. The molecule has 1 saturated heterocycles. The third kappa shape index (κ3) is 7.39. The fraction of sp³-hybridized carbons (Fsp3) is 0.517. The van der Waals surface area contributed by atoms with Crippen LogP contribution in [0.3, 0.4) is 0 Å². The lowest BCUT2D eigenvalue weighted by molar-refractivity contribution is -0.170. The molecule has 0 amide bonds. The van der Waals surface area contributed by atoms with Gasteiger partial charge >= 0.3 is 11.9 Å². The van der Waals surface area contributed by atoms with Crippen molar-refractivity contribution in [2.75, 3.05) is 27.2 Å². The number of ether oxygens (including phenoxy) is 2. The fourth-order valence-electron chi connectivity index (χ4n) is 5.11. The second-order valence-electron chi connectivity index (χ2n) is 10.6. The van der Waals surface area contributed by atoms with E-state index in [0.717, 1.165) is 0 Å². The Kier molecular flexibility index (Phi) is 9.09. The molecular formula is C29H40N2O4. The Morgan fingerprint density at radius 2 is 1.63 bits per heavy atom. The zero-order chi connectivity index (χ0) is 25.6. The number of esters is 2. The molecule has 0 bridgehead atoms. The highest BCUT2D eigenvalue weighted by molar-refractivity contribution is 5.76. The monoisotopic (exact) mass is 480 g/mol. The maximum absolute atomic E-state index is 13.7. The molecule has 1 aliphatic heterocycles. The first kappa shape index (κ1) is 26.9. The van der Waals surface area contributed by atoms with Crippen LogP contribution in [0, 0.1) is 11.8 Å². The zero-order valence-corrected chi connectivity index (χ0v) is 21.9. The first-order valence-electron chi connectivity index (χ1n) is 12.4. The minimum absolute atomic E-state index is 0.0524. The normalized spacial score (nSPS) is 22.0. The van der Waals surface area contributed by atoms with E-state index in [0.29, 0.717) is 19.6 Å². The number of rotatable bonds is 8. The smallest absolute Gasteiger partial charge is 0.311 e. The Balaban J connectivity index is 2.05. The minimum Gasteiger partial charge on any atom is -0.469 e. The van der Waals surface area contributed by atoms with Gasteiger partial charge in [-0.1, -0.05) is 60.7 Å². The molecular weight excluding hydrogens is 440 g/mol. The van der Waals surface area contributed by atoms with Crippen LogP contribution >= 0.6 is 0 Å². The van der Waals surface area contributed by atoms with E-state index in [-0.39, 0.29) is 36.4 Å². The Labute approximate surface area is 210 Å². The average molecular weight is 481 g/mol. The number of carbonyl (C=O) groups is 2. The number of hydrogen-bond acceptors (Lipinski definition) is 6. The van der Waals surface area contributed by atoms with Crippen molar-refractivity contribution in [2.45, 2.75) is 58.3 Å². The number of piperidine rings is 1. The van der Waals surface area contributed by atoms with Crippen LogP contribution in [0.2, 0.25) is 0 Å². The second kappa shape index (κ2) is 11.8. The lowest BCUT2D eigenvalue weighted by Crippen LogP contribution is -2.59. The Hall–Kier alpha value is -2.70. The molecule has 0 N–H and O–H groups in total. The Morgan fingerprint density at radius 3 is 2.20 bits per heavy atom. The number of methoxy groups -OCH3 is 1. The van der Waals surface area contributed by atoms with E-state index in [2.05, 4.69) is 48.0 Å². The molecule has 1 fully saturated rings. The van der Waals surface area contributed by atoms with E-state index < -0.39 is 11.5 Å². The molecule has 0 unspecified atom stereocenters. The molecule has 0 radical (unpaired) electrons. The first-order chi connectivity index (χ1) is 16.6. The van der Waals surface area contributed by atoms with Crippen molar-refractivity contribution >= 4 is 11.9 Å². The summed E-state index contributed by atoms with van der Waals surface area (Å²) in [7, 11) is 3.45. The highest BCUT2D eigenvalue weighted by atomic mass is 16.6. The lowest BCUT2D eigenvalue weighted by Gasteiger charge is -2.48. The second-order valence-corrected chi connectivity index (χ2v) is 10.6. The maximum atomic E-state index is 13.7. The van der Waals surface area contributed by atoms with Crippen molar-refractivity contribution < 1.29 is 19.1 Å². The number of benzene rings is 2. The van der Waals surface area contributed by atoms with Gasteiger partial charge in [0.1, 0.15) is 5.60 Å². The summed E-state index contributed by atoms with van der Waals surface area (Å²) < 4.78 is 10.9. The largest absolute Gasteiger partial charge is 0.469 e. The molecule has 35 heavy (non-hydrogen) atoms. The van der Waals surface area contributed by atoms with Gasteiger partial charge < -0.3 is 14.4 Å². The molecule has 3 rings (SSSR count). The first-order valence-corrected chi connectivity index (χ1v) is 12.4. The third-order valence-corrected chi connectivity index (χ3v) is 6.72. The molecule has 0 spiro atoms. The Bertz CT molecular complexity index is 958. The van der Waals surface area contributed by atoms with Crippen molar-refractivity contribution in [2.24, 2.45) is 11.8 Å². The predicted octanol–water partition coefficient (Wildman–Crippen LogP) is 4.70. The van der Waals surface area contributed by atoms with Crippen molar-refractivity contribution in [3.8, 4) is 0 Å². The van der Waals surface area contributed by atoms with Crippen molar-refractivity contribution in [1.29, 1.82) is 0 Å². The molecule has 4 atom stereocenters. The van der Waals surface area contributed by atoms with Gasteiger partial charge in [-0.3, -0.25) is 14.5 Å². The highest BCUT2D eigenvalue weighted by Gasteiger charge is 2.46. The van der Waals surface area contributed by atoms with Crippen LogP contribution in [-0.4, -0.2) is 60.6 Å². The van der Waals surface area contributed by atoms with Crippen LogP contribution in [0.5, 0.6) is 0 Å². The Morgan fingerprint density at radius 1 is 1.03 bits per heavy atom. The van der Waals surface area contributed by atoms with Crippen molar-refractivity contribution in [3.05, 3.63) is 71.8 Å². The summed E-state index contributed by atoms with van der Waals surface area (Å²) in [5.74, 6) is -1.21. The summed E-state index contributed by atoms with van der Waals surface area (Å²) >= 11 is 0. The molecule has 190 valence electrons. The summed E-state index contributed by atoms with van der Waals surface area (Å²) in [6.07, 6.45) is 0.181. The van der Waals surface area contributed by atoms with Gasteiger partial charge in [-0.2, -0.15) is 0 Å². The minimum atomic E-state index is -0.615. The molecule has 6 heteroatoms. The van der Waals surface area contributed by atoms with Gasteiger partial charge in [-0.15, -0.1) is 0 Å². The summed E-state index contributed by atoms with van der Waals surface area (Å²) in [6.45, 7) is 9.86. The molecule has 1 aliphatic rings. The molecule has 2 aromatic rings. The van der Waals surface area contributed by atoms with Gasteiger partial charge in [0.2, 0.25) is 0 Å². The zero-order valence-electron chi connectivity index (χ0n) is 21.9. The van der Waals surface area contributed by atoms with Crippen LogP contribution in [0.15, 0.2) is 60.7 Å². The number of likely N-dealkylation sites (N-methyl/N-ethyl adjacent to an activating group) is 1. The van der Waals surface area contributed by atoms with Crippen LogP contribution in [0.25, 0.3) is 0 Å². The third-order valence-electron chi connectivity index (χ3n) is 6.72.